The van der Waals surface area contributed by atoms with Gasteiger partial charge in [-0.15, -0.1) is 0 Å². The van der Waals surface area contributed by atoms with E-state index in [9.17, 15) is 8.42 Å². The Morgan fingerprint density at radius 2 is 1.95 bits per heavy atom. The third kappa shape index (κ3) is 3.16. The Balaban J connectivity index is 2.00. The number of sulfone groups is 1. The maximum absolute atomic E-state index is 11.6. The summed E-state index contributed by atoms with van der Waals surface area (Å²) in [6.07, 6.45) is 1.26. The first kappa shape index (κ1) is 14.1. The minimum atomic E-state index is -3.07. The molecule has 0 aliphatic carbocycles. The number of hydrogen-bond acceptors (Lipinski definition) is 4. The fraction of sp³-hybridized carbons (Fsp3) is 0.429. The highest BCUT2D eigenvalue weighted by Gasteiger charge is 2.29. The lowest BCUT2D eigenvalue weighted by Gasteiger charge is -2.22. The molecule has 0 atom stereocenters. The Labute approximate surface area is 113 Å². The van der Waals surface area contributed by atoms with E-state index in [4.69, 9.17) is 4.42 Å². The van der Waals surface area contributed by atoms with Gasteiger partial charge in [-0.25, -0.2) is 8.42 Å². The first-order chi connectivity index (χ1) is 8.79. The maximum Gasteiger partial charge on any atom is 0.153 e. The van der Waals surface area contributed by atoms with Crippen LogP contribution < -0.4 is 5.32 Å². The zero-order valence-corrected chi connectivity index (χ0v) is 12.3. The van der Waals surface area contributed by atoms with Gasteiger partial charge >= 0.3 is 0 Å². The Bertz CT molecular complexity index is 638. The monoisotopic (exact) mass is 281 g/mol. The molecule has 2 rings (SSSR count). The van der Waals surface area contributed by atoms with Crippen LogP contribution in [0.25, 0.3) is 11.0 Å². The van der Waals surface area contributed by atoms with E-state index in [2.05, 4.69) is 5.32 Å². The normalized spacial score (nSPS) is 13.0. The van der Waals surface area contributed by atoms with Gasteiger partial charge in [-0.3, -0.25) is 0 Å². The topological polar surface area (TPSA) is 59.3 Å². The average molecular weight is 281 g/mol. The molecule has 0 unspecified atom stereocenters. The van der Waals surface area contributed by atoms with E-state index >= 15 is 0 Å². The third-order valence-corrected chi connectivity index (χ3v) is 5.48. The molecule has 0 saturated heterocycles. The molecule has 0 bridgehead atoms. The number of furan rings is 1. The summed E-state index contributed by atoms with van der Waals surface area (Å²) in [6.45, 7) is 4.35. The Morgan fingerprint density at radius 1 is 1.26 bits per heavy atom. The van der Waals surface area contributed by atoms with E-state index in [1.54, 1.807) is 13.8 Å². The van der Waals surface area contributed by atoms with Crippen LogP contribution in [0.3, 0.4) is 0 Å². The second-order valence-corrected chi connectivity index (χ2v) is 8.04. The second kappa shape index (κ2) is 4.98. The molecule has 5 heteroatoms. The van der Waals surface area contributed by atoms with Crippen molar-refractivity contribution < 1.29 is 12.8 Å². The number of rotatable bonds is 5. The van der Waals surface area contributed by atoms with Crippen molar-refractivity contribution in [1.82, 2.24) is 5.32 Å². The van der Waals surface area contributed by atoms with Crippen LogP contribution in [0.1, 0.15) is 19.6 Å². The molecule has 1 heterocycles. The van der Waals surface area contributed by atoms with Crippen LogP contribution in [0.5, 0.6) is 0 Å². The average Bonchev–Trinajstić information content (AvgIpc) is 2.69. The van der Waals surface area contributed by atoms with E-state index in [-0.39, 0.29) is 0 Å². The molecule has 0 aliphatic heterocycles. The molecule has 1 aromatic carbocycles. The first-order valence-electron chi connectivity index (χ1n) is 6.17. The molecule has 19 heavy (non-hydrogen) atoms. The summed E-state index contributed by atoms with van der Waals surface area (Å²) in [5.74, 6) is 0.811. The summed E-state index contributed by atoms with van der Waals surface area (Å²) in [6, 6.07) is 9.76. The zero-order valence-electron chi connectivity index (χ0n) is 11.4. The first-order valence-corrected chi connectivity index (χ1v) is 8.06. The summed E-state index contributed by atoms with van der Waals surface area (Å²) in [5, 5.41) is 4.19. The molecule has 0 saturated carbocycles. The molecule has 4 nitrogen and oxygen atoms in total. The number of para-hydroxylation sites is 1. The van der Waals surface area contributed by atoms with Crippen LogP contribution >= 0.6 is 0 Å². The Morgan fingerprint density at radius 3 is 2.58 bits per heavy atom. The lowest BCUT2D eigenvalue weighted by molar-refractivity contribution is 0.481. The number of nitrogens with one attached hydrogen (secondary N) is 1. The van der Waals surface area contributed by atoms with Gasteiger partial charge < -0.3 is 9.73 Å². The van der Waals surface area contributed by atoms with Crippen LogP contribution in [0.2, 0.25) is 0 Å². The second-order valence-electron chi connectivity index (χ2n) is 5.39. The summed E-state index contributed by atoms with van der Waals surface area (Å²) in [7, 11) is -3.07. The van der Waals surface area contributed by atoms with Crippen LogP contribution in [-0.2, 0) is 16.4 Å². The Hall–Kier alpha value is -1.33. The van der Waals surface area contributed by atoms with Crippen LogP contribution in [0, 0.1) is 0 Å². The summed E-state index contributed by atoms with van der Waals surface area (Å²) in [5.41, 5.74) is 0.849. The number of benzene rings is 1. The standard InChI is InChI=1S/C14H19NO3S/c1-14(2,19(3,16)17)10-15-9-12-8-11-6-4-5-7-13(11)18-12/h4-8,15H,9-10H2,1-3H3. The van der Waals surface area contributed by atoms with Crippen molar-refractivity contribution in [2.75, 3.05) is 12.8 Å². The molecule has 1 N–H and O–H groups in total. The fourth-order valence-electron chi connectivity index (χ4n) is 1.74. The van der Waals surface area contributed by atoms with Crippen molar-refractivity contribution >= 4 is 20.8 Å². The van der Waals surface area contributed by atoms with Crippen molar-refractivity contribution in [2.45, 2.75) is 25.1 Å². The molecule has 0 amide bonds. The molecular formula is C14H19NO3S. The van der Waals surface area contributed by atoms with Gasteiger partial charge in [0.15, 0.2) is 9.84 Å². The minimum absolute atomic E-state index is 0.392. The van der Waals surface area contributed by atoms with Gasteiger partial charge in [0, 0.05) is 18.2 Å². The van der Waals surface area contributed by atoms with E-state index in [0.29, 0.717) is 13.1 Å². The fourth-order valence-corrected chi connectivity index (χ4v) is 2.11. The molecule has 0 radical (unpaired) electrons. The molecular weight excluding hydrogens is 262 g/mol. The van der Waals surface area contributed by atoms with Crippen LogP contribution in [0.15, 0.2) is 34.7 Å². The summed E-state index contributed by atoms with van der Waals surface area (Å²) >= 11 is 0. The van der Waals surface area contributed by atoms with Crippen molar-refractivity contribution in [1.29, 1.82) is 0 Å². The van der Waals surface area contributed by atoms with Crippen molar-refractivity contribution in [2.24, 2.45) is 0 Å². The van der Waals surface area contributed by atoms with Gasteiger partial charge in [-0.1, -0.05) is 18.2 Å². The van der Waals surface area contributed by atoms with E-state index in [1.807, 2.05) is 30.3 Å². The largest absolute Gasteiger partial charge is 0.460 e. The van der Waals surface area contributed by atoms with Gasteiger partial charge in [0.1, 0.15) is 11.3 Å². The van der Waals surface area contributed by atoms with Gasteiger partial charge in [-0.2, -0.15) is 0 Å². The molecule has 0 aliphatic rings. The van der Waals surface area contributed by atoms with Crippen molar-refractivity contribution in [3.8, 4) is 0 Å². The van der Waals surface area contributed by atoms with Crippen LogP contribution in [-0.4, -0.2) is 26.0 Å². The highest BCUT2D eigenvalue weighted by Crippen LogP contribution is 2.19. The summed E-state index contributed by atoms with van der Waals surface area (Å²) < 4.78 is 28.0. The van der Waals surface area contributed by atoms with Gasteiger partial charge in [0.2, 0.25) is 0 Å². The Kier molecular flexibility index (Phi) is 3.69. The smallest absolute Gasteiger partial charge is 0.153 e. The van der Waals surface area contributed by atoms with Crippen molar-refractivity contribution in [3.05, 3.63) is 36.1 Å². The van der Waals surface area contributed by atoms with Crippen LogP contribution in [0.4, 0.5) is 0 Å². The molecule has 0 fully saturated rings. The lowest BCUT2D eigenvalue weighted by Crippen LogP contribution is -2.41. The van der Waals surface area contributed by atoms with Crippen molar-refractivity contribution in [3.63, 3.8) is 0 Å². The SMILES string of the molecule is CC(C)(CNCc1cc2ccccc2o1)S(C)(=O)=O. The maximum atomic E-state index is 11.6. The van der Waals surface area contributed by atoms with Gasteiger partial charge in [0.05, 0.1) is 11.3 Å². The molecule has 104 valence electrons. The predicted molar refractivity (Wildman–Crippen MR) is 76.8 cm³/mol. The van der Waals surface area contributed by atoms with Gasteiger partial charge in [-0.05, 0) is 26.0 Å². The quantitative estimate of drug-likeness (QED) is 0.914. The predicted octanol–water partition coefficient (Wildman–Crippen LogP) is 2.35. The lowest BCUT2D eigenvalue weighted by atomic mass is 10.2. The minimum Gasteiger partial charge on any atom is -0.460 e. The molecule has 0 spiro atoms. The number of fused-ring (bicyclic) bond motifs is 1. The molecule has 2 aromatic rings. The van der Waals surface area contributed by atoms with E-state index in [1.165, 1.54) is 6.26 Å². The third-order valence-electron chi connectivity index (χ3n) is 3.33. The molecule has 1 aromatic heterocycles. The van der Waals surface area contributed by atoms with E-state index in [0.717, 1.165) is 16.7 Å². The zero-order chi connectivity index (χ0) is 14.1. The highest BCUT2D eigenvalue weighted by molar-refractivity contribution is 7.92. The number of hydrogen-bond donors (Lipinski definition) is 1. The summed E-state index contributed by atoms with van der Waals surface area (Å²) in [4.78, 5) is 0. The van der Waals surface area contributed by atoms with E-state index < -0.39 is 14.6 Å². The van der Waals surface area contributed by atoms with Gasteiger partial charge in [0.25, 0.3) is 0 Å². The highest BCUT2D eigenvalue weighted by atomic mass is 32.2.